The molecule has 0 radical (unpaired) electrons. The number of aromatic nitrogens is 2. The van der Waals surface area contributed by atoms with E-state index < -0.39 is 0 Å². The molecule has 0 aliphatic heterocycles. The van der Waals surface area contributed by atoms with Crippen molar-refractivity contribution in [3.05, 3.63) is 75.9 Å². The number of rotatable bonds is 2. The molecule has 2 aromatic heterocycles. The Hall–Kier alpha value is -2.13. The van der Waals surface area contributed by atoms with Crippen LogP contribution in [0.3, 0.4) is 0 Å². The van der Waals surface area contributed by atoms with Crippen LogP contribution in [-0.4, -0.2) is 9.55 Å². The SMILES string of the molecule is O=c1c2c(Cl)nccc2ccn1Cc1ccccc1. The van der Waals surface area contributed by atoms with Gasteiger partial charge in [0, 0.05) is 12.4 Å². The highest BCUT2D eigenvalue weighted by molar-refractivity contribution is 6.34. The highest BCUT2D eigenvalue weighted by Crippen LogP contribution is 2.16. The third-order valence-corrected chi connectivity index (χ3v) is 3.33. The van der Waals surface area contributed by atoms with Crippen LogP contribution in [0.1, 0.15) is 5.56 Å². The van der Waals surface area contributed by atoms with Crippen molar-refractivity contribution in [3.8, 4) is 0 Å². The van der Waals surface area contributed by atoms with Gasteiger partial charge in [0.2, 0.25) is 0 Å². The second-order valence-electron chi connectivity index (χ2n) is 4.30. The fourth-order valence-corrected chi connectivity index (χ4v) is 2.33. The second-order valence-corrected chi connectivity index (χ2v) is 4.66. The van der Waals surface area contributed by atoms with E-state index in [4.69, 9.17) is 11.6 Å². The van der Waals surface area contributed by atoms with E-state index in [1.54, 1.807) is 23.0 Å². The number of nitrogens with zero attached hydrogens (tertiary/aromatic N) is 2. The van der Waals surface area contributed by atoms with Crippen molar-refractivity contribution < 1.29 is 0 Å². The summed E-state index contributed by atoms with van der Waals surface area (Å²) in [7, 11) is 0. The van der Waals surface area contributed by atoms with Crippen molar-refractivity contribution in [2.24, 2.45) is 0 Å². The van der Waals surface area contributed by atoms with E-state index in [9.17, 15) is 4.79 Å². The molecule has 3 aromatic rings. The van der Waals surface area contributed by atoms with Crippen LogP contribution in [0.5, 0.6) is 0 Å². The molecule has 2 heterocycles. The van der Waals surface area contributed by atoms with Crippen LogP contribution in [0.25, 0.3) is 10.8 Å². The molecule has 0 spiro atoms. The summed E-state index contributed by atoms with van der Waals surface area (Å²) in [6.07, 6.45) is 3.39. The Labute approximate surface area is 115 Å². The van der Waals surface area contributed by atoms with Gasteiger partial charge in [-0.15, -0.1) is 0 Å². The molecule has 0 bridgehead atoms. The van der Waals surface area contributed by atoms with E-state index in [1.807, 2.05) is 36.4 Å². The molecule has 0 amide bonds. The third-order valence-electron chi connectivity index (χ3n) is 3.04. The molecule has 0 aliphatic carbocycles. The van der Waals surface area contributed by atoms with E-state index in [2.05, 4.69) is 4.98 Å². The monoisotopic (exact) mass is 270 g/mol. The van der Waals surface area contributed by atoms with Crippen molar-refractivity contribution >= 4 is 22.4 Å². The van der Waals surface area contributed by atoms with Gasteiger partial charge in [0.15, 0.2) is 0 Å². The average molecular weight is 271 g/mol. The number of benzene rings is 1. The standard InChI is InChI=1S/C15H11ClN2O/c16-14-13-12(6-8-17-14)7-9-18(15(13)19)10-11-4-2-1-3-5-11/h1-9H,10H2. The Bertz CT molecular complexity index is 781. The lowest BCUT2D eigenvalue weighted by Crippen LogP contribution is -2.20. The zero-order valence-corrected chi connectivity index (χ0v) is 10.8. The van der Waals surface area contributed by atoms with Gasteiger partial charge in [0.25, 0.3) is 5.56 Å². The summed E-state index contributed by atoms with van der Waals surface area (Å²) in [4.78, 5) is 16.4. The van der Waals surface area contributed by atoms with Gasteiger partial charge in [-0.3, -0.25) is 4.79 Å². The van der Waals surface area contributed by atoms with Gasteiger partial charge in [-0.25, -0.2) is 4.98 Å². The summed E-state index contributed by atoms with van der Waals surface area (Å²) in [5.74, 6) is 0. The van der Waals surface area contributed by atoms with Crippen molar-refractivity contribution in [2.75, 3.05) is 0 Å². The maximum Gasteiger partial charge on any atom is 0.261 e. The predicted octanol–water partition coefficient (Wildman–Crippen LogP) is 3.10. The van der Waals surface area contributed by atoms with Crippen LogP contribution in [0, 0.1) is 0 Å². The van der Waals surface area contributed by atoms with Gasteiger partial charge < -0.3 is 4.57 Å². The zero-order chi connectivity index (χ0) is 13.2. The quantitative estimate of drug-likeness (QED) is 0.671. The fraction of sp³-hybridized carbons (Fsp3) is 0.0667. The normalized spacial score (nSPS) is 10.8. The van der Waals surface area contributed by atoms with Crippen LogP contribution in [0.4, 0.5) is 0 Å². The van der Waals surface area contributed by atoms with Crippen LogP contribution in [0.15, 0.2) is 59.7 Å². The number of pyridine rings is 2. The summed E-state index contributed by atoms with van der Waals surface area (Å²) in [6, 6.07) is 13.5. The largest absolute Gasteiger partial charge is 0.310 e. The second kappa shape index (κ2) is 4.86. The van der Waals surface area contributed by atoms with Crippen LogP contribution in [0.2, 0.25) is 5.15 Å². The van der Waals surface area contributed by atoms with E-state index in [1.165, 1.54) is 0 Å². The Morgan fingerprint density at radius 3 is 2.68 bits per heavy atom. The molecule has 0 saturated heterocycles. The molecule has 0 aliphatic rings. The molecular formula is C15H11ClN2O. The van der Waals surface area contributed by atoms with Crippen LogP contribution >= 0.6 is 11.6 Å². The first-order valence-electron chi connectivity index (χ1n) is 5.93. The molecule has 0 atom stereocenters. The maximum absolute atomic E-state index is 12.4. The lowest BCUT2D eigenvalue weighted by molar-refractivity contribution is 0.768. The van der Waals surface area contributed by atoms with Crippen LogP contribution in [-0.2, 0) is 6.54 Å². The van der Waals surface area contributed by atoms with Gasteiger partial charge >= 0.3 is 0 Å². The predicted molar refractivity (Wildman–Crippen MR) is 76.6 cm³/mol. The van der Waals surface area contributed by atoms with Crippen molar-refractivity contribution in [3.63, 3.8) is 0 Å². The topological polar surface area (TPSA) is 34.9 Å². The minimum absolute atomic E-state index is 0.112. The highest BCUT2D eigenvalue weighted by Gasteiger charge is 2.07. The Morgan fingerprint density at radius 2 is 1.89 bits per heavy atom. The first kappa shape index (κ1) is 11.9. The minimum Gasteiger partial charge on any atom is -0.310 e. The number of hydrogen-bond acceptors (Lipinski definition) is 2. The molecule has 0 fully saturated rings. The number of hydrogen-bond donors (Lipinski definition) is 0. The Balaban J connectivity index is 2.13. The maximum atomic E-state index is 12.4. The lowest BCUT2D eigenvalue weighted by Gasteiger charge is -2.07. The van der Waals surface area contributed by atoms with Gasteiger partial charge in [-0.2, -0.15) is 0 Å². The lowest BCUT2D eigenvalue weighted by atomic mass is 10.2. The van der Waals surface area contributed by atoms with Crippen molar-refractivity contribution in [1.29, 1.82) is 0 Å². The molecule has 3 rings (SSSR count). The van der Waals surface area contributed by atoms with Crippen molar-refractivity contribution in [2.45, 2.75) is 6.54 Å². The average Bonchev–Trinajstić information content (AvgIpc) is 2.43. The van der Waals surface area contributed by atoms with Gasteiger partial charge in [-0.05, 0) is 23.1 Å². The summed E-state index contributed by atoms with van der Waals surface area (Å²) in [6.45, 7) is 0.529. The Kier molecular flexibility index (Phi) is 3.05. The summed E-state index contributed by atoms with van der Waals surface area (Å²) in [5.41, 5.74) is 0.961. The fourth-order valence-electron chi connectivity index (χ4n) is 2.09. The summed E-state index contributed by atoms with van der Waals surface area (Å²) >= 11 is 6.01. The smallest absolute Gasteiger partial charge is 0.261 e. The van der Waals surface area contributed by atoms with E-state index in [0.717, 1.165) is 10.9 Å². The minimum atomic E-state index is -0.112. The molecule has 3 nitrogen and oxygen atoms in total. The van der Waals surface area contributed by atoms with E-state index >= 15 is 0 Å². The highest BCUT2D eigenvalue weighted by atomic mass is 35.5. The van der Waals surface area contributed by atoms with E-state index in [-0.39, 0.29) is 10.7 Å². The molecular weight excluding hydrogens is 260 g/mol. The first-order valence-corrected chi connectivity index (χ1v) is 6.31. The number of halogens is 1. The van der Waals surface area contributed by atoms with E-state index in [0.29, 0.717) is 11.9 Å². The van der Waals surface area contributed by atoms with Crippen LogP contribution < -0.4 is 5.56 Å². The van der Waals surface area contributed by atoms with Gasteiger partial charge in [-0.1, -0.05) is 41.9 Å². The molecule has 0 unspecified atom stereocenters. The zero-order valence-electron chi connectivity index (χ0n) is 10.1. The molecule has 94 valence electrons. The van der Waals surface area contributed by atoms with Gasteiger partial charge in [0.05, 0.1) is 11.9 Å². The molecule has 4 heteroatoms. The van der Waals surface area contributed by atoms with Crippen molar-refractivity contribution in [1.82, 2.24) is 9.55 Å². The summed E-state index contributed by atoms with van der Waals surface area (Å²) in [5, 5.41) is 1.54. The molecule has 0 N–H and O–H groups in total. The Morgan fingerprint density at radius 1 is 1.11 bits per heavy atom. The first-order chi connectivity index (χ1) is 9.25. The summed E-state index contributed by atoms with van der Waals surface area (Å²) < 4.78 is 1.64. The molecule has 0 saturated carbocycles. The molecule has 19 heavy (non-hydrogen) atoms. The number of fused-ring (bicyclic) bond motifs is 1. The third kappa shape index (κ3) is 2.25. The van der Waals surface area contributed by atoms with Gasteiger partial charge in [0.1, 0.15) is 5.15 Å². The molecule has 1 aromatic carbocycles.